The number of methoxy groups -OCH3 is 1. The summed E-state index contributed by atoms with van der Waals surface area (Å²) in [6.07, 6.45) is 22.7. The van der Waals surface area contributed by atoms with E-state index in [9.17, 15) is 0 Å². The van der Waals surface area contributed by atoms with Crippen LogP contribution in [0.5, 0.6) is 0 Å². The van der Waals surface area contributed by atoms with Crippen LogP contribution in [0.4, 0.5) is 0 Å². The summed E-state index contributed by atoms with van der Waals surface area (Å²) < 4.78 is 5.74. The van der Waals surface area contributed by atoms with Gasteiger partial charge in [-0.05, 0) is 0 Å². The van der Waals surface area contributed by atoms with E-state index in [-0.39, 0.29) is 0 Å². The maximum atomic E-state index is 5.74. The minimum atomic E-state index is -1.17. The van der Waals surface area contributed by atoms with Gasteiger partial charge in [0.1, 0.15) is 0 Å². The van der Waals surface area contributed by atoms with Crippen molar-refractivity contribution in [2.75, 3.05) is 31.9 Å². The van der Waals surface area contributed by atoms with Crippen LogP contribution in [0.2, 0.25) is 0 Å². The zero-order valence-corrected chi connectivity index (χ0v) is 17.2. The van der Waals surface area contributed by atoms with Gasteiger partial charge < -0.3 is 0 Å². The molecular weight excluding hydrogens is 287 g/mol. The van der Waals surface area contributed by atoms with Gasteiger partial charge >= 0.3 is 142 Å². The van der Waals surface area contributed by atoms with Gasteiger partial charge in [0, 0.05) is 0 Å². The molecule has 0 aromatic carbocycles. The van der Waals surface area contributed by atoms with Crippen LogP contribution >= 0.6 is 7.26 Å². The summed E-state index contributed by atoms with van der Waals surface area (Å²) in [5.74, 6) is 0. The third-order valence-electron chi connectivity index (χ3n) is 5.13. The van der Waals surface area contributed by atoms with Crippen molar-refractivity contribution in [3.8, 4) is 0 Å². The summed E-state index contributed by atoms with van der Waals surface area (Å²) in [6.45, 7) is 6.94. The van der Waals surface area contributed by atoms with Crippen LogP contribution in [0.3, 0.4) is 0 Å². The fourth-order valence-corrected chi connectivity index (χ4v) is 8.47. The van der Waals surface area contributed by atoms with Crippen LogP contribution in [0.1, 0.15) is 97.8 Å². The van der Waals surface area contributed by atoms with Gasteiger partial charge in [0.15, 0.2) is 0 Å². The minimum absolute atomic E-state index is 1.12. The quantitative estimate of drug-likeness (QED) is 0.204. The van der Waals surface area contributed by atoms with Crippen LogP contribution in [0.15, 0.2) is 0 Å². The van der Waals surface area contributed by atoms with E-state index >= 15 is 0 Å². The number of ether oxygens (including phenoxy) is 1. The molecule has 0 aliphatic carbocycles. The molecule has 0 rings (SSSR count). The molecule has 0 amide bonds. The Bertz CT molecular complexity index is 186. The molecule has 0 aliphatic heterocycles. The summed E-state index contributed by atoms with van der Waals surface area (Å²) in [5.41, 5.74) is 0. The second-order valence-corrected chi connectivity index (χ2v) is 12.2. The van der Waals surface area contributed by atoms with E-state index in [4.69, 9.17) is 4.74 Å². The van der Waals surface area contributed by atoms with Gasteiger partial charge in [-0.3, -0.25) is 0 Å². The predicted molar refractivity (Wildman–Crippen MR) is 107 cm³/mol. The molecule has 22 heavy (non-hydrogen) atoms. The van der Waals surface area contributed by atoms with Crippen LogP contribution < -0.4 is 0 Å². The zero-order valence-electron chi connectivity index (χ0n) is 16.2. The van der Waals surface area contributed by atoms with E-state index < -0.39 is 7.26 Å². The van der Waals surface area contributed by atoms with Gasteiger partial charge in [0.2, 0.25) is 0 Å². The van der Waals surface area contributed by atoms with Gasteiger partial charge in [-0.25, -0.2) is 0 Å². The van der Waals surface area contributed by atoms with Crippen molar-refractivity contribution in [3.05, 3.63) is 0 Å². The van der Waals surface area contributed by atoms with E-state index in [0.29, 0.717) is 0 Å². The number of hydrogen-bond acceptors (Lipinski definition) is 1. The van der Waals surface area contributed by atoms with Gasteiger partial charge in [0.25, 0.3) is 0 Å². The third kappa shape index (κ3) is 11.9. The summed E-state index contributed by atoms with van der Waals surface area (Å²) in [7, 11) is 0.769. The Morgan fingerprint density at radius 2 is 0.909 bits per heavy atom. The summed E-state index contributed by atoms with van der Waals surface area (Å²) >= 11 is 0. The van der Waals surface area contributed by atoms with E-state index in [2.05, 4.69) is 20.8 Å². The average molecular weight is 333 g/mol. The Morgan fingerprint density at radius 1 is 0.545 bits per heavy atom. The molecule has 0 bridgehead atoms. The normalized spacial score (nSPS) is 12.7. The fraction of sp³-hybridized carbons (Fsp3) is 1.00. The predicted octanol–water partition coefficient (Wildman–Crippen LogP) is 7.08. The van der Waals surface area contributed by atoms with E-state index in [1.54, 1.807) is 0 Å². The van der Waals surface area contributed by atoms with E-state index in [0.717, 1.165) is 6.35 Å². The van der Waals surface area contributed by atoms with Crippen molar-refractivity contribution in [1.29, 1.82) is 0 Å². The summed E-state index contributed by atoms with van der Waals surface area (Å²) in [4.78, 5) is 0. The molecule has 0 saturated carbocycles. The van der Waals surface area contributed by atoms with Crippen LogP contribution in [-0.4, -0.2) is 31.9 Å². The molecule has 0 fully saturated rings. The molecule has 0 aromatic rings. The van der Waals surface area contributed by atoms with Crippen LogP contribution in [0, 0.1) is 0 Å². The second kappa shape index (κ2) is 16.3. The molecule has 1 nitrogen and oxygen atoms in total. The molecule has 0 heterocycles. The number of unbranched alkanes of at least 4 members (excludes halogenated alkanes) is 9. The molecular formula is C20H45OP. The fourth-order valence-electron chi connectivity index (χ4n) is 3.68. The standard InChI is InChI=1S/C20H45OP/c1-5-8-11-14-17-22(20-21-4,18-15-12-9-6-2)19-16-13-10-7-3/h22H,5-20H2,1-4H3. The molecule has 0 spiro atoms. The average Bonchev–Trinajstić information content (AvgIpc) is 2.53. The van der Waals surface area contributed by atoms with Gasteiger partial charge in [-0.2, -0.15) is 0 Å². The second-order valence-electron chi connectivity index (χ2n) is 7.36. The topological polar surface area (TPSA) is 9.23 Å². The summed E-state index contributed by atoms with van der Waals surface area (Å²) in [5, 5.41) is 0. The molecule has 0 N–H and O–H groups in total. The molecule has 0 unspecified atom stereocenters. The van der Waals surface area contributed by atoms with E-state index in [1.807, 2.05) is 7.11 Å². The number of rotatable bonds is 17. The first-order valence-electron chi connectivity index (χ1n) is 10.2. The molecule has 0 aliphatic rings. The first kappa shape index (κ1) is 22.4. The molecule has 0 saturated heterocycles. The van der Waals surface area contributed by atoms with Gasteiger partial charge in [-0.1, -0.05) is 0 Å². The SMILES string of the molecule is CCCCCC[PH](CCCCCC)(CCCCCC)COC. The van der Waals surface area contributed by atoms with E-state index in [1.165, 1.54) is 95.5 Å². The van der Waals surface area contributed by atoms with Crippen molar-refractivity contribution in [1.82, 2.24) is 0 Å². The first-order valence-corrected chi connectivity index (χ1v) is 13.1. The van der Waals surface area contributed by atoms with Crippen molar-refractivity contribution in [2.45, 2.75) is 97.8 Å². The first-order chi connectivity index (χ1) is 10.7. The Kier molecular flexibility index (Phi) is 16.5. The van der Waals surface area contributed by atoms with Crippen molar-refractivity contribution < 1.29 is 4.74 Å². The third-order valence-corrected chi connectivity index (χ3v) is 10.3. The van der Waals surface area contributed by atoms with Gasteiger partial charge in [0.05, 0.1) is 0 Å². The Hall–Kier alpha value is 0.390. The molecule has 0 atom stereocenters. The van der Waals surface area contributed by atoms with Crippen molar-refractivity contribution in [2.24, 2.45) is 0 Å². The molecule has 0 radical (unpaired) electrons. The van der Waals surface area contributed by atoms with Crippen LogP contribution in [0.25, 0.3) is 0 Å². The van der Waals surface area contributed by atoms with Crippen LogP contribution in [-0.2, 0) is 4.74 Å². The molecule has 136 valence electrons. The molecule has 0 aromatic heterocycles. The maximum absolute atomic E-state index is 5.74. The Labute approximate surface area is 142 Å². The van der Waals surface area contributed by atoms with Crippen molar-refractivity contribution in [3.63, 3.8) is 0 Å². The Morgan fingerprint density at radius 3 is 1.18 bits per heavy atom. The van der Waals surface area contributed by atoms with Crippen molar-refractivity contribution >= 4 is 7.26 Å². The Balaban J connectivity index is 4.39. The monoisotopic (exact) mass is 332 g/mol. The molecule has 2 heteroatoms. The summed E-state index contributed by atoms with van der Waals surface area (Å²) in [6, 6.07) is 0. The number of hydrogen-bond donors (Lipinski definition) is 0. The van der Waals surface area contributed by atoms with Gasteiger partial charge in [-0.15, -0.1) is 0 Å². The zero-order chi connectivity index (χ0) is 16.5.